The van der Waals surface area contributed by atoms with Gasteiger partial charge in [0.1, 0.15) is 12.1 Å². The van der Waals surface area contributed by atoms with Gasteiger partial charge >= 0.3 is 0 Å². The lowest BCUT2D eigenvalue weighted by Gasteiger charge is -2.14. The maximum Gasteiger partial charge on any atom is 0.127 e. The molecule has 4 atom stereocenters. The summed E-state index contributed by atoms with van der Waals surface area (Å²) in [6.45, 7) is 7.58. The van der Waals surface area contributed by atoms with Crippen molar-refractivity contribution in [2.24, 2.45) is 11.8 Å². The summed E-state index contributed by atoms with van der Waals surface area (Å²) in [5, 5.41) is 20.3. The summed E-state index contributed by atoms with van der Waals surface area (Å²) in [7, 11) is 0. The van der Waals surface area contributed by atoms with Gasteiger partial charge < -0.3 is 31.3 Å². The number of rotatable bonds is 6. The number of carbonyl (C=O) groups is 2. The summed E-state index contributed by atoms with van der Waals surface area (Å²) in [5.74, 6) is -1.86. The highest BCUT2D eigenvalue weighted by molar-refractivity contribution is 5.69. The normalized spacial score (nSPS) is 16.8. The first-order chi connectivity index (χ1) is 8.18. The minimum Gasteiger partial charge on any atom is -0.544 e. The molecular formula is C12H26N2O4. The van der Waals surface area contributed by atoms with Gasteiger partial charge in [-0.05, 0) is 12.8 Å². The van der Waals surface area contributed by atoms with E-state index in [1.807, 2.05) is 27.7 Å². The molecule has 0 heterocycles. The van der Waals surface area contributed by atoms with E-state index in [9.17, 15) is 19.8 Å². The summed E-state index contributed by atoms with van der Waals surface area (Å²) >= 11 is 0. The number of aliphatic carboxylic acids is 2. The first-order valence-corrected chi connectivity index (χ1v) is 6.26. The predicted octanol–water partition coefficient (Wildman–Crippen LogP) is -3.21. The van der Waals surface area contributed by atoms with Gasteiger partial charge in [0.25, 0.3) is 0 Å². The SMILES string of the molecule is CC[C@H](C)[C@@H]([NH3+])C(=O)[O-].CC[C@H](C)[C@H]([NH3+])C(=O)[O-]. The van der Waals surface area contributed by atoms with E-state index in [0.29, 0.717) is 0 Å². The number of carboxylic acids is 2. The van der Waals surface area contributed by atoms with Crippen molar-refractivity contribution in [3.8, 4) is 0 Å². The van der Waals surface area contributed by atoms with Crippen LogP contribution in [0.15, 0.2) is 0 Å². The Labute approximate surface area is 108 Å². The summed E-state index contributed by atoms with van der Waals surface area (Å²) < 4.78 is 0. The smallest absolute Gasteiger partial charge is 0.127 e. The molecule has 6 heteroatoms. The molecule has 6 N–H and O–H groups in total. The van der Waals surface area contributed by atoms with Crippen LogP contribution in [-0.4, -0.2) is 24.0 Å². The van der Waals surface area contributed by atoms with Crippen LogP contribution < -0.4 is 21.7 Å². The van der Waals surface area contributed by atoms with E-state index < -0.39 is 24.0 Å². The number of hydrogen-bond donors (Lipinski definition) is 2. The van der Waals surface area contributed by atoms with Crippen LogP contribution in [0.5, 0.6) is 0 Å². The first kappa shape index (κ1) is 19.2. The Morgan fingerprint density at radius 3 is 1.17 bits per heavy atom. The molecule has 0 bridgehead atoms. The summed E-state index contributed by atoms with van der Waals surface area (Å²) in [6.07, 6.45) is 1.67. The van der Waals surface area contributed by atoms with Crippen molar-refractivity contribution < 1.29 is 31.3 Å². The van der Waals surface area contributed by atoms with Crippen molar-refractivity contribution in [2.45, 2.75) is 52.6 Å². The molecule has 0 aromatic carbocycles. The average Bonchev–Trinajstić information content (AvgIpc) is 2.35. The van der Waals surface area contributed by atoms with Gasteiger partial charge in [-0.25, -0.2) is 0 Å². The monoisotopic (exact) mass is 262 g/mol. The van der Waals surface area contributed by atoms with Gasteiger partial charge in [0.2, 0.25) is 0 Å². The fourth-order valence-corrected chi connectivity index (χ4v) is 1.03. The first-order valence-electron chi connectivity index (χ1n) is 6.26. The summed E-state index contributed by atoms with van der Waals surface area (Å²) in [5.41, 5.74) is 6.89. The molecule has 0 aliphatic carbocycles. The van der Waals surface area contributed by atoms with E-state index in [2.05, 4.69) is 11.5 Å². The van der Waals surface area contributed by atoms with Crippen molar-refractivity contribution in [3.63, 3.8) is 0 Å². The number of hydrogen-bond acceptors (Lipinski definition) is 4. The molecule has 0 aliphatic heterocycles. The third-order valence-electron chi connectivity index (χ3n) is 3.27. The van der Waals surface area contributed by atoms with Crippen molar-refractivity contribution in [2.75, 3.05) is 0 Å². The Hall–Kier alpha value is -1.14. The van der Waals surface area contributed by atoms with E-state index in [1.165, 1.54) is 0 Å². The molecule has 0 aromatic heterocycles. The molecule has 0 radical (unpaired) electrons. The zero-order valence-corrected chi connectivity index (χ0v) is 11.8. The van der Waals surface area contributed by atoms with Gasteiger partial charge in [0.05, 0.1) is 11.9 Å². The molecule has 18 heavy (non-hydrogen) atoms. The molecule has 0 spiro atoms. The Kier molecular flexibility index (Phi) is 10.5. The third-order valence-corrected chi connectivity index (χ3v) is 3.27. The van der Waals surface area contributed by atoms with E-state index in [0.717, 1.165) is 12.8 Å². The Balaban J connectivity index is 0. The van der Waals surface area contributed by atoms with E-state index in [4.69, 9.17) is 0 Å². The topological polar surface area (TPSA) is 136 Å². The molecule has 0 rings (SSSR count). The minimum atomic E-state index is -1.05. The lowest BCUT2D eigenvalue weighted by atomic mass is 10.0. The van der Waals surface area contributed by atoms with Crippen LogP contribution in [0, 0.1) is 11.8 Å². The molecule has 0 aromatic rings. The second-order valence-corrected chi connectivity index (χ2v) is 4.62. The highest BCUT2D eigenvalue weighted by atomic mass is 16.4. The van der Waals surface area contributed by atoms with Gasteiger partial charge in [-0.2, -0.15) is 0 Å². The Morgan fingerprint density at radius 1 is 0.889 bits per heavy atom. The maximum atomic E-state index is 10.1. The second kappa shape index (κ2) is 9.85. The molecule has 0 aliphatic rings. The van der Waals surface area contributed by atoms with Crippen LogP contribution >= 0.6 is 0 Å². The van der Waals surface area contributed by atoms with Crippen LogP contribution in [0.25, 0.3) is 0 Å². The number of quaternary nitrogens is 2. The van der Waals surface area contributed by atoms with Crippen molar-refractivity contribution in [1.82, 2.24) is 0 Å². The predicted molar refractivity (Wildman–Crippen MR) is 62.3 cm³/mol. The highest BCUT2D eigenvalue weighted by Crippen LogP contribution is 2.02. The third kappa shape index (κ3) is 8.03. The Morgan fingerprint density at radius 2 is 1.11 bits per heavy atom. The zero-order valence-electron chi connectivity index (χ0n) is 11.8. The van der Waals surface area contributed by atoms with Crippen LogP contribution in [-0.2, 0) is 9.59 Å². The van der Waals surface area contributed by atoms with Gasteiger partial charge in [0, 0.05) is 11.8 Å². The number of carbonyl (C=O) groups excluding carboxylic acids is 2. The van der Waals surface area contributed by atoms with Crippen LogP contribution in [0.4, 0.5) is 0 Å². The van der Waals surface area contributed by atoms with Crippen LogP contribution in [0.3, 0.4) is 0 Å². The van der Waals surface area contributed by atoms with Gasteiger partial charge in [0.15, 0.2) is 0 Å². The van der Waals surface area contributed by atoms with Crippen LogP contribution in [0.1, 0.15) is 40.5 Å². The lowest BCUT2D eigenvalue weighted by molar-refractivity contribution is -0.447. The van der Waals surface area contributed by atoms with E-state index in [1.54, 1.807) is 0 Å². The molecule has 108 valence electrons. The van der Waals surface area contributed by atoms with Gasteiger partial charge in [-0.15, -0.1) is 0 Å². The quantitative estimate of drug-likeness (QED) is 0.520. The largest absolute Gasteiger partial charge is 0.544 e. The van der Waals surface area contributed by atoms with Gasteiger partial charge in [-0.3, -0.25) is 0 Å². The van der Waals surface area contributed by atoms with E-state index in [-0.39, 0.29) is 11.8 Å². The van der Waals surface area contributed by atoms with Crippen LogP contribution in [0.2, 0.25) is 0 Å². The molecule has 0 saturated heterocycles. The molecule has 0 fully saturated rings. The highest BCUT2D eigenvalue weighted by Gasteiger charge is 2.14. The fraction of sp³-hybridized carbons (Fsp3) is 0.833. The molecule has 6 nitrogen and oxygen atoms in total. The fourth-order valence-electron chi connectivity index (χ4n) is 1.03. The summed E-state index contributed by atoms with van der Waals surface area (Å²) in [6, 6.07) is -1.12. The van der Waals surface area contributed by atoms with E-state index >= 15 is 0 Å². The van der Waals surface area contributed by atoms with Crippen molar-refractivity contribution in [3.05, 3.63) is 0 Å². The number of carboxylic acid groups (broad SMARTS) is 2. The maximum absolute atomic E-state index is 10.1. The second-order valence-electron chi connectivity index (χ2n) is 4.62. The molecule has 0 saturated carbocycles. The minimum absolute atomic E-state index is 0.120. The molecule has 0 unspecified atom stereocenters. The van der Waals surface area contributed by atoms with Gasteiger partial charge in [-0.1, -0.05) is 27.7 Å². The van der Waals surface area contributed by atoms with Crippen molar-refractivity contribution in [1.29, 1.82) is 0 Å². The molecule has 0 amide bonds. The lowest BCUT2D eigenvalue weighted by Crippen LogP contribution is -2.70. The zero-order chi connectivity index (χ0) is 14.9. The summed E-state index contributed by atoms with van der Waals surface area (Å²) in [4.78, 5) is 20.3. The Bertz CT molecular complexity index is 232. The molecular weight excluding hydrogens is 236 g/mol. The standard InChI is InChI=1S/2C6H13NO2/c2*1-3-4(2)5(7)6(8)9/h2*4-5H,3,7H2,1-2H3,(H,8,9)/t4-,5+;4-,5-/m00/s1. The van der Waals surface area contributed by atoms with Crippen molar-refractivity contribution >= 4 is 11.9 Å². The average molecular weight is 262 g/mol.